The number of amides is 1. The van der Waals surface area contributed by atoms with Gasteiger partial charge in [0, 0.05) is 30.9 Å². The number of hydrogen-bond acceptors (Lipinski definition) is 3. The van der Waals surface area contributed by atoms with Gasteiger partial charge in [-0.05, 0) is 12.0 Å². The summed E-state index contributed by atoms with van der Waals surface area (Å²) in [5, 5.41) is 0. The Morgan fingerprint density at radius 3 is 2.71 bits per heavy atom. The molecule has 1 aliphatic rings. The topological polar surface area (TPSA) is 79.2 Å². The molecule has 0 bridgehead atoms. The van der Waals surface area contributed by atoms with E-state index in [1.165, 1.54) is 12.3 Å². The van der Waals surface area contributed by atoms with Crippen molar-refractivity contribution in [2.75, 3.05) is 13.1 Å². The Hall–Kier alpha value is -1.62. The Balaban J connectivity index is 2.08. The number of nitrogens with one attached hydrogen (secondary N) is 1. The minimum absolute atomic E-state index is 0.127. The first kappa shape index (κ1) is 11.9. The van der Waals surface area contributed by atoms with Gasteiger partial charge in [0.15, 0.2) is 0 Å². The van der Waals surface area contributed by atoms with E-state index in [1.54, 1.807) is 11.0 Å². The third-order valence-electron chi connectivity index (χ3n) is 3.43. The van der Waals surface area contributed by atoms with Gasteiger partial charge in [-0.3, -0.25) is 9.59 Å². The van der Waals surface area contributed by atoms with E-state index in [2.05, 4.69) is 18.8 Å². The monoisotopic (exact) mass is 235 g/mol. The standard InChI is InChI=1S/C12H17N3O2/c1-8(2)12(13)6-15(7-12)11(17)9-3-4-14-10(16)5-9/h3-5,8H,6-7,13H2,1-2H3,(H,14,16). The van der Waals surface area contributed by atoms with Gasteiger partial charge in [0.05, 0.1) is 5.54 Å². The van der Waals surface area contributed by atoms with Crippen LogP contribution in [0, 0.1) is 5.92 Å². The number of hydrogen-bond donors (Lipinski definition) is 2. The molecule has 1 aromatic rings. The number of aromatic amines is 1. The molecule has 0 saturated carbocycles. The van der Waals surface area contributed by atoms with E-state index < -0.39 is 0 Å². The van der Waals surface area contributed by atoms with Crippen LogP contribution in [0.4, 0.5) is 0 Å². The lowest BCUT2D eigenvalue weighted by Gasteiger charge is -2.50. The molecule has 0 aromatic carbocycles. The molecule has 1 aliphatic heterocycles. The lowest BCUT2D eigenvalue weighted by Crippen LogP contribution is -2.71. The summed E-state index contributed by atoms with van der Waals surface area (Å²) < 4.78 is 0. The smallest absolute Gasteiger partial charge is 0.254 e. The quantitative estimate of drug-likeness (QED) is 0.767. The summed E-state index contributed by atoms with van der Waals surface area (Å²) in [6, 6.07) is 2.92. The molecule has 1 amide bonds. The van der Waals surface area contributed by atoms with Crippen molar-refractivity contribution in [3.05, 3.63) is 34.2 Å². The Morgan fingerprint density at radius 2 is 2.18 bits per heavy atom. The predicted molar refractivity (Wildman–Crippen MR) is 64.7 cm³/mol. The maximum atomic E-state index is 12.0. The highest BCUT2D eigenvalue weighted by Gasteiger charge is 2.44. The fraction of sp³-hybridized carbons (Fsp3) is 0.500. The van der Waals surface area contributed by atoms with E-state index in [4.69, 9.17) is 5.73 Å². The Labute approximate surface area is 99.6 Å². The van der Waals surface area contributed by atoms with Crippen molar-refractivity contribution in [3.8, 4) is 0 Å². The summed E-state index contributed by atoms with van der Waals surface area (Å²) in [5.74, 6) is 0.212. The molecular formula is C12H17N3O2. The van der Waals surface area contributed by atoms with E-state index in [0.29, 0.717) is 24.6 Å². The number of H-pyrrole nitrogens is 1. The van der Waals surface area contributed by atoms with Crippen LogP contribution in [0.25, 0.3) is 0 Å². The van der Waals surface area contributed by atoms with E-state index in [0.717, 1.165) is 0 Å². The number of likely N-dealkylation sites (tertiary alicyclic amines) is 1. The van der Waals surface area contributed by atoms with E-state index in [9.17, 15) is 9.59 Å². The highest BCUT2D eigenvalue weighted by atomic mass is 16.2. The van der Waals surface area contributed by atoms with Gasteiger partial charge in [0.1, 0.15) is 0 Å². The Bertz CT molecular complexity index is 487. The van der Waals surface area contributed by atoms with Gasteiger partial charge in [0.25, 0.3) is 5.91 Å². The number of nitrogens with zero attached hydrogens (tertiary/aromatic N) is 1. The third kappa shape index (κ3) is 2.10. The van der Waals surface area contributed by atoms with Crippen LogP contribution < -0.4 is 11.3 Å². The number of aromatic nitrogens is 1. The van der Waals surface area contributed by atoms with E-state index in [1.807, 2.05) is 0 Å². The molecular weight excluding hydrogens is 218 g/mol. The van der Waals surface area contributed by atoms with Gasteiger partial charge in [0.2, 0.25) is 5.56 Å². The van der Waals surface area contributed by atoms with Gasteiger partial charge in [-0.1, -0.05) is 13.8 Å². The predicted octanol–water partition coefficient (Wildman–Crippen LogP) is 0.184. The van der Waals surface area contributed by atoms with Gasteiger partial charge in [-0.25, -0.2) is 0 Å². The fourth-order valence-corrected chi connectivity index (χ4v) is 1.93. The summed E-state index contributed by atoms with van der Waals surface area (Å²) in [5.41, 5.74) is 5.99. The molecule has 1 aromatic heterocycles. The molecule has 3 N–H and O–H groups in total. The summed E-state index contributed by atoms with van der Waals surface area (Å²) in [6.07, 6.45) is 1.48. The fourth-order valence-electron chi connectivity index (χ4n) is 1.93. The average molecular weight is 235 g/mol. The van der Waals surface area contributed by atoms with Crippen LogP contribution in [0.1, 0.15) is 24.2 Å². The minimum atomic E-state index is -0.281. The van der Waals surface area contributed by atoms with Crippen LogP contribution in [0.5, 0.6) is 0 Å². The third-order valence-corrected chi connectivity index (χ3v) is 3.43. The highest BCUT2D eigenvalue weighted by Crippen LogP contribution is 2.27. The second-order valence-electron chi connectivity index (χ2n) is 4.99. The molecule has 1 saturated heterocycles. The Morgan fingerprint density at radius 1 is 1.53 bits per heavy atom. The minimum Gasteiger partial charge on any atom is -0.335 e. The zero-order valence-electron chi connectivity index (χ0n) is 10.1. The van der Waals surface area contributed by atoms with Gasteiger partial charge in [-0.15, -0.1) is 0 Å². The second kappa shape index (κ2) is 4.00. The molecule has 0 unspecified atom stereocenters. The van der Waals surface area contributed by atoms with Crippen molar-refractivity contribution < 1.29 is 4.79 Å². The first-order valence-corrected chi connectivity index (χ1v) is 5.69. The zero-order valence-corrected chi connectivity index (χ0v) is 10.1. The van der Waals surface area contributed by atoms with Crippen LogP contribution in [0.3, 0.4) is 0 Å². The van der Waals surface area contributed by atoms with Crippen molar-refractivity contribution in [1.82, 2.24) is 9.88 Å². The lowest BCUT2D eigenvalue weighted by molar-refractivity contribution is 0.0275. The van der Waals surface area contributed by atoms with Crippen molar-refractivity contribution in [3.63, 3.8) is 0 Å². The molecule has 1 fully saturated rings. The molecule has 2 heterocycles. The Kier molecular flexibility index (Phi) is 2.79. The molecule has 2 rings (SSSR count). The molecule has 5 nitrogen and oxygen atoms in total. The lowest BCUT2D eigenvalue weighted by atomic mass is 9.80. The molecule has 0 aliphatic carbocycles. The van der Waals surface area contributed by atoms with Crippen molar-refractivity contribution in [2.24, 2.45) is 11.7 Å². The van der Waals surface area contributed by atoms with Crippen molar-refractivity contribution >= 4 is 5.91 Å². The van der Waals surface area contributed by atoms with Crippen LogP contribution in [0.2, 0.25) is 0 Å². The zero-order chi connectivity index (χ0) is 12.6. The maximum absolute atomic E-state index is 12.0. The first-order valence-electron chi connectivity index (χ1n) is 5.69. The normalized spacial score (nSPS) is 18.0. The van der Waals surface area contributed by atoms with Gasteiger partial charge < -0.3 is 15.6 Å². The van der Waals surface area contributed by atoms with Crippen LogP contribution in [-0.2, 0) is 0 Å². The molecule has 17 heavy (non-hydrogen) atoms. The number of nitrogens with two attached hydrogens (primary N) is 1. The molecule has 0 spiro atoms. The van der Waals surface area contributed by atoms with Gasteiger partial charge >= 0.3 is 0 Å². The summed E-state index contributed by atoms with van der Waals surface area (Å²) in [4.78, 5) is 27.3. The number of rotatable bonds is 2. The van der Waals surface area contributed by atoms with Crippen LogP contribution in [-0.4, -0.2) is 34.4 Å². The maximum Gasteiger partial charge on any atom is 0.254 e. The molecule has 5 heteroatoms. The van der Waals surface area contributed by atoms with Crippen LogP contribution >= 0.6 is 0 Å². The second-order valence-corrected chi connectivity index (χ2v) is 4.99. The largest absolute Gasteiger partial charge is 0.335 e. The van der Waals surface area contributed by atoms with E-state index in [-0.39, 0.29) is 17.0 Å². The summed E-state index contributed by atoms with van der Waals surface area (Å²) in [6.45, 7) is 5.21. The number of carbonyl (C=O) groups excluding carboxylic acids is 1. The van der Waals surface area contributed by atoms with Crippen molar-refractivity contribution in [2.45, 2.75) is 19.4 Å². The summed E-state index contributed by atoms with van der Waals surface area (Å²) >= 11 is 0. The van der Waals surface area contributed by atoms with E-state index >= 15 is 0 Å². The SMILES string of the molecule is CC(C)C1(N)CN(C(=O)c2cc[nH]c(=O)c2)C1. The highest BCUT2D eigenvalue weighted by molar-refractivity contribution is 5.94. The van der Waals surface area contributed by atoms with Gasteiger partial charge in [-0.2, -0.15) is 0 Å². The molecule has 92 valence electrons. The average Bonchev–Trinajstić information content (AvgIpc) is 2.23. The summed E-state index contributed by atoms with van der Waals surface area (Å²) in [7, 11) is 0. The first-order chi connectivity index (χ1) is 7.92. The molecule has 0 radical (unpaired) electrons. The number of pyridine rings is 1. The molecule has 0 atom stereocenters. The van der Waals surface area contributed by atoms with Crippen LogP contribution in [0.15, 0.2) is 23.1 Å². The number of carbonyl (C=O) groups is 1. The van der Waals surface area contributed by atoms with Crippen molar-refractivity contribution in [1.29, 1.82) is 0 Å².